The number of hydrogen-bond acceptors (Lipinski definition) is 4. The minimum atomic E-state index is -0.285. The monoisotopic (exact) mass is 420 g/mol. The van der Waals surface area contributed by atoms with E-state index in [9.17, 15) is 9.18 Å². The third kappa shape index (κ3) is 4.80. The van der Waals surface area contributed by atoms with E-state index in [0.717, 1.165) is 24.4 Å². The molecule has 1 amide bonds. The molecule has 0 spiro atoms. The summed E-state index contributed by atoms with van der Waals surface area (Å²) in [6.07, 6.45) is 3.28. The van der Waals surface area contributed by atoms with Gasteiger partial charge in [0.15, 0.2) is 11.0 Å². The molecule has 2 heterocycles. The van der Waals surface area contributed by atoms with E-state index in [4.69, 9.17) is 0 Å². The summed E-state index contributed by atoms with van der Waals surface area (Å²) in [6, 6.07) is 6.96. The van der Waals surface area contributed by atoms with Crippen LogP contribution in [0.15, 0.2) is 29.4 Å². The smallest absolute Gasteiger partial charge is 0.233 e. The molecule has 29 heavy (non-hydrogen) atoms. The number of benzene rings is 1. The predicted molar refractivity (Wildman–Crippen MR) is 113 cm³/mol. The number of likely N-dealkylation sites (tertiary alicyclic amines) is 1. The fraction of sp³-hybridized carbons (Fsp3) is 0.571. The van der Waals surface area contributed by atoms with Gasteiger partial charge in [-0.2, -0.15) is 0 Å². The third-order valence-electron chi connectivity index (χ3n) is 5.80. The summed E-state index contributed by atoms with van der Waals surface area (Å²) in [6.45, 7) is 6.33. The summed E-state index contributed by atoms with van der Waals surface area (Å²) in [5.41, 5.74) is 0.800. The number of piperidine rings is 1. The number of thioether (sulfide) groups is 1. The number of nitrogens with zero attached hydrogens (tertiary/aromatic N) is 4. The predicted octanol–water partition coefficient (Wildman–Crippen LogP) is 2.49. The molecule has 0 bridgehead atoms. The molecule has 2 aromatic rings. The molecule has 0 aliphatic carbocycles. The van der Waals surface area contributed by atoms with E-state index in [1.54, 1.807) is 12.1 Å². The number of aromatic nitrogens is 3. The molecular weight excluding hydrogens is 389 g/mol. The maximum absolute atomic E-state index is 13.4. The largest absolute Gasteiger partial charge is 0.337 e. The normalized spacial score (nSPS) is 20.9. The van der Waals surface area contributed by atoms with Crippen molar-refractivity contribution in [2.45, 2.75) is 63.3 Å². The van der Waals surface area contributed by atoms with Gasteiger partial charge < -0.3 is 9.80 Å². The average Bonchev–Trinajstić information content (AvgIpc) is 3.10. The molecular formula is C21H31FN5OS+. The number of carbonyl (C=O) groups excluding carboxylic acids is 1. The van der Waals surface area contributed by atoms with Gasteiger partial charge in [0.25, 0.3) is 0 Å². The highest BCUT2D eigenvalue weighted by Crippen LogP contribution is 2.27. The number of quaternary nitrogens is 1. The minimum absolute atomic E-state index is 0.0970. The Kier molecular flexibility index (Phi) is 6.95. The summed E-state index contributed by atoms with van der Waals surface area (Å²) in [5.74, 6) is 0.964. The van der Waals surface area contributed by atoms with Crippen LogP contribution >= 0.6 is 11.8 Å². The number of rotatable bonds is 6. The van der Waals surface area contributed by atoms with Crippen LogP contribution in [0.25, 0.3) is 5.69 Å². The number of amides is 1. The highest BCUT2D eigenvalue weighted by Gasteiger charge is 2.30. The van der Waals surface area contributed by atoms with Gasteiger partial charge in [0, 0.05) is 17.8 Å². The zero-order valence-electron chi connectivity index (χ0n) is 17.9. The molecule has 1 aromatic carbocycles. The molecule has 0 unspecified atom stereocenters. The molecule has 0 radical (unpaired) electrons. The molecule has 1 aliphatic heterocycles. The van der Waals surface area contributed by atoms with E-state index in [1.165, 1.54) is 35.2 Å². The second-order valence-corrected chi connectivity index (χ2v) is 9.11. The molecule has 1 N–H and O–H groups in total. The summed E-state index contributed by atoms with van der Waals surface area (Å²) in [4.78, 5) is 16.2. The van der Waals surface area contributed by atoms with Gasteiger partial charge >= 0.3 is 0 Å². The van der Waals surface area contributed by atoms with Gasteiger partial charge in [0.1, 0.15) is 11.9 Å². The first-order chi connectivity index (χ1) is 13.8. The third-order valence-corrected chi connectivity index (χ3v) is 6.72. The number of carbonyl (C=O) groups is 1. The summed E-state index contributed by atoms with van der Waals surface area (Å²) >= 11 is 1.40. The fourth-order valence-corrected chi connectivity index (χ4v) is 4.69. The van der Waals surface area contributed by atoms with Gasteiger partial charge in [-0.1, -0.05) is 11.8 Å². The number of halogens is 1. The van der Waals surface area contributed by atoms with Crippen molar-refractivity contribution in [1.82, 2.24) is 19.7 Å². The number of hydrogen-bond donors (Lipinski definition) is 1. The highest BCUT2D eigenvalue weighted by molar-refractivity contribution is 7.99. The molecule has 8 heteroatoms. The van der Waals surface area contributed by atoms with Gasteiger partial charge in [0.2, 0.25) is 5.91 Å². The quantitative estimate of drug-likeness (QED) is 0.730. The lowest BCUT2D eigenvalue weighted by Gasteiger charge is -2.39. The van der Waals surface area contributed by atoms with Crippen LogP contribution in [0.5, 0.6) is 0 Å². The Morgan fingerprint density at radius 2 is 1.83 bits per heavy atom. The molecule has 6 nitrogen and oxygen atoms in total. The van der Waals surface area contributed by atoms with E-state index < -0.39 is 0 Å². The van der Waals surface area contributed by atoms with Gasteiger partial charge in [-0.05, 0) is 64.3 Å². The van der Waals surface area contributed by atoms with Crippen LogP contribution in [0.2, 0.25) is 0 Å². The van der Waals surface area contributed by atoms with Gasteiger partial charge in [0.05, 0.1) is 19.8 Å². The summed E-state index contributed by atoms with van der Waals surface area (Å²) in [7, 11) is 4.12. The summed E-state index contributed by atoms with van der Waals surface area (Å²) in [5, 5.41) is 9.44. The highest BCUT2D eigenvalue weighted by atomic mass is 32.2. The van der Waals surface area contributed by atoms with Crippen molar-refractivity contribution >= 4 is 17.7 Å². The van der Waals surface area contributed by atoms with Gasteiger partial charge in [-0.25, -0.2) is 4.39 Å². The lowest BCUT2D eigenvalue weighted by Crippen LogP contribution is -3.05. The van der Waals surface area contributed by atoms with Crippen molar-refractivity contribution in [3.05, 3.63) is 35.9 Å². The molecule has 3 atom stereocenters. The molecule has 3 rings (SSSR count). The Morgan fingerprint density at radius 3 is 2.41 bits per heavy atom. The SMILES string of the molecule is C[C@H](c1nnc(SCC(=O)N2[C@@H](C)CCC[C@@H]2C)n1-c1ccc(F)cc1)[NH+](C)C. The van der Waals surface area contributed by atoms with Crippen LogP contribution in [0.1, 0.15) is 51.9 Å². The van der Waals surface area contributed by atoms with E-state index in [1.807, 2.05) is 9.47 Å². The van der Waals surface area contributed by atoms with E-state index in [2.05, 4.69) is 45.1 Å². The van der Waals surface area contributed by atoms with Crippen molar-refractivity contribution in [3.8, 4) is 5.69 Å². The Morgan fingerprint density at radius 1 is 1.21 bits per heavy atom. The maximum Gasteiger partial charge on any atom is 0.233 e. The van der Waals surface area contributed by atoms with Crippen molar-refractivity contribution in [2.24, 2.45) is 0 Å². The van der Waals surface area contributed by atoms with Crippen LogP contribution in [0, 0.1) is 5.82 Å². The van der Waals surface area contributed by atoms with E-state index in [-0.39, 0.29) is 29.8 Å². The summed E-state index contributed by atoms with van der Waals surface area (Å²) < 4.78 is 15.4. The molecule has 1 aliphatic rings. The molecule has 158 valence electrons. The number of nitrogens with one attached hydrogen (secondary N) is 1. The van der Waals surface area contributed by atoms with Gasteiger partial charge in [-0.3, -0.25) is 9.36 Å². The molecule has 0 saturated carbocycles. The van der Waals surface area contributed by atoms with Crippen LogP contribution in [-0.4, -0.2) is 57.5 Å². The first-order valence-electron chi connectivity index (χ1n) is 10.2. The van der Waals surface area contributed by atoms with Gasteiger partial charge in [-0.15, -0.1) is 10.2 Å². The van der Waals surface area contributed by atoms with Crippen LogP contribution in [0.3, 0.4) is 0 Å². The topological polar surface area (TPSA) is 55.5 Å². The van der Waals surface area contributed by atoms with Crippen molar-refractivity contribution in [3.63, 3.8) is 0 Å². The first-order valence-corrected chi connectivity index (χ1v) is 11.2. The molecule has 1 saturated heterocycles. The van der Waals surface area contributed by atoms with Crippen LogP contribution < -0.4 is 4.90 Å². The zero-order chi connectivity index (χ0) is 21.1. The van der Waals surface area contributed by atoms with Crippen LogP contribution in [0.4, 0.5) is 4.39 Å². The Labute approximate surface area is 176 Å². The Hall–Kier alpha value is -1.93. The lowest BCUT2D eigenvalue weighted by molar-refractivity contribution is -0.890. The standard InChI is InChI=1S/C21H30FN5OS/c1-14-7-6-8-15(2)26(14)19(28)13-29-21-24-23-20(16(3)25(4)5)27(21)18-11-9-17(22)10-12-18/h9-12,14-16H,6-8,13H2,1-5H3/p+1/t14-,15-,16+/m0/s1. The molecule has 1 aromatic heterocycles. The van der Waals surface area contributed by atoms with Crippen LogP contribution in [-0.2, 0) is 4.79 Å². The average molecular weight is 421 g/mol. The second kappa shape index (κ2) is 9.26. The Balaban J connectivity index is 1.85. The van der Waals surface area contributed by atoms with Crippen molar-refractivity contribution < 1.29 is 14.1 Å². The first kappa shape index (κ1) is 21.8. The lowest BCUT2D eigenvalue weighted by atomic mass is 9.98. The Bertz CT molecular complexity index is 828. The fourth-order valence-electron chi connectivity index (χ4n) is 3.86. The molecule has 1 fully saturated rings. The van der Waals surface area contributed by atoms with Crippen molar-refractivity contribution in [2.75, 3.05) is 19.8 Å². The maximum atomic E-state index is 13.4. The second-order valence-electron chi connectivity index (χ2n) is 8.17. The zero-order valence-corrected chi connectivity index (χ0v) is 18.7. The van der Waals surface area contributed by atoms with Crippen molar-refractivity contribution in [1.29, 1.82) is 0 Å². The van der Waals surface area contributed by atoms with E-state index in [0.29, 0.717) is 10.9 Å². The van der Waals surface area contributed by atoms with E-state index >= 15 is 0 Å². The minimum Gasteiger partial charge on any atom is -0.337 e.